The van der Waals surface area contributed by atoms with Gasteiger partial charge in [-0.15, -0.1) is 18.2 Å². The third kappa shape index (κ3) is 8.95. The predicted octanol–water partition coefficient (Wildman–Crippen LogP) is 7.00. The molecule has 1 aromatic rings. The maximum Gasteiger partial charge on any atom is 0.123 e. The number of alkyl halides is 1. The van der Waals surface area contributed by atoms with Gasteiger partial charge in [-0.2, -0.15) is 0 Å². The van der Waals surface area contributed by atoms with Crippen molar-refractivity contribution < 1.29 is 4.39 Å². The van der Waals surface area contributed by atoms with Gasteiger partial charge in [0.05, 0.1) is 0 Å². The molecule has 0 nitrogen and oxygen atoms in total. The maximum atomic E-state index is 13.1. The Morgan fingerprint density at radius 2 is 1.91 bits per heavy atom. The van der Waals surface area contributed by atoms with E-state index in [1.54, 1.807) is 6.07 Å². The van der Waals surface area contributed by atoms with E-state index in [9.17, 15) is 4.39 Å². The molecule has 0 amide bonds. The van der Waals surface area contributed by atoms with Gasteiger partial charge in [0.25, 0.3) is 0 Å². The molecule has 1 unspecified atom stereocenters. The van der Waals surface area contributed by atoms with Crippen molar-refractivity contribution in [1.82, 2.24) is 0 Å². The number of benzene rings is 1. The van der Waals surface area contributed by atoms with Crippen molar-refractivity contribution in [3.63, 3.8) is 0 Å². The summed E-state index contributed by atoms with van der Waals surface area (Å²) in [5, 5.41) is 0. The van der Waals surface area contributed by atoms with Gasteiger partial charge in [-0.3, -0.25) is 0 Å². The Morgan fingerprint density at radius 1 is 1.13 bits per heavy atom. The average Bonchev–Trinajstić information content (AvgIpc) is 2.54. The number of allylic oxidation sites excluding steroid dienone is 3. The monoisotopic (exact) mass is 336 g/mol. The fraction of sp³-hybridized carbons (Fsp3) is 0.524. The van der Waals surface area contributed by atoms with Crippen LogP contribution in [0.15, 0.2) is 43.0 Å². The summed E-state index contributed by atoms with van der Waals surface area (Å²) in [5.41, 5.74) is 2.22. The molecule has 128 valence electrons. The van der Waals surface area contributed by atoms with Crippen molar-refractivity contribution in [3.05, 3.63) is 60.0 Å². The van der Waals surface area contributed by atoms with Crippen LogP contribution < -0.4 is 0 Å². The molecular weight excluding hydrogens is 307 g/mol. The molecule has 1 aromatic carbocycles. The largest absolute Gasteiger partial charge is 0.207 e. The third-order valence-corrected chi connectivity index (χ3v) is 4.57. The zero-order valence-electron chi connectivity index (χ0n) is 14.4. The SMILES string of the molecule is C=CC(CC/C=C/Cc1ccc(F)cc1C)CCCCCCCl. The molecule has 0 saturated heterocycles. The van der Waals surface area contributed by atoms with E-state index in [1.807, 2.05) is 13.0 Å². The van der Waals surface area contributed by atoms with Crippen LogP contribution in [0, 0.1) is 18.7 Å². The zero-order chi connectivity index (χ0) is 16.9. The van der Waals surface area contributed by atoms with Crippen LogP contribution in [0.2, 0.25) is 0 Å². The summed E-state index contributed by atoms with van der Waals surface area (Å²) in [6.07, 6.45) is 15.8. The van der Waals surface area contributed by atoms with Crippen LogP contribution in [-0.4, -0.2) is 5.88 Å². The molecule has 0 aliphatic rings. The Bertz CT molecular complexity index is 479. The van der Waals surface area contributed by atoms with Crippen LogP contribution in [0.5, 0.6) is 0 Å². The lowest BCUT2D eigenvalue weighted by atomic mass is 9.96. The normalized spacial score (nSPS) is 12.7. The number of aryl methyl sites for hydroxylation is 1. The topological polar surface area (TPSA) is 0 Å². The van der Waals surface area contributed by atoms with Gasteiger partial charge in [-0.1, -0.05) is 43.6 Å². The van der Waals surface area contributed by atoms with Crippen molar-refractivity contribution in [2.45, 2.75) is 58.3 Å². The number of hydrogen-bond acceptors (Lipinski definition) is 0. The van der Waals surface area contributed by atoms with Gasteiger partial charge in [0, 0.05) is 5.88 Å². The molecule has 0 aliphatic carbocycles. The molecule has 0 aliphatic heterocycles. The fourth-order valence-electron chi connectivity index (χ4n) is 2.76. The molecule has 0 spiro atoms. The van der Waals surface area contributed by atoms with Crippen molar-refractivity contribution >= 4 is 11.6 Å². The first-order valence-electron chi connectivity index (χ1n) is 8.76. The summed E-state index contributed by atoms with van der Waals surface area (Å²) in [4.78, 5) is 0. The lowest BCUT2D eigenvalue weighted by Crippen LogP contribution is -1.96. The van der Waals surface area contributed by atoms with E-state index in [1.165, 1.54) is 37.3 Å². The lowest BCUT2D eigenvalue weighted by Gasteiger charge is -2.10. The molecule has 0 N–H and O–H groups in total. The molecule has 0 fully saturated rings. The highest BCUT2D eigenvalue weighted by Gasteiger charge is 2.03. The summed E-state index contributed by atoms with van der Waals surface area (Å²) < 4.78 is 13.1. The first kappa shape index (κ1) is 20.0. The highest BCUT2D eigenvalue weighted by molar-refractivity contribution is 6.17. The minimum absolute atomic E-state index is 0.157. The van der Waals surface area contributed by atoms with E-state index in [4.69, 9.17) is 11.6 Å². The standard InChI is InChI=1S/C21H30ClF/c1-3-19(11-7-4-5-10-16-22)12-8-6-9-13-20-14-15-21(23)17-18(20)2/h3,6,9,14-15,17,19H,1,4-5,7-8,10-13,16H2,2H3/b9-6+. The van der Waals surface area contributed by atoms with E-state index in [0.717, 1.165) is 37.1 Å². The highest BCUT2D eigenvalue weighted by Crippen LogP contribution is 2.18. The summed E-state index contributed by atoms with van der Waals surface area (Å²) in [5.74, 6) is 1.24. The van der Waals surface area contributed by atoms with Crippen LogP contribution in [0.3, 0.4) is 0 Å². The van der Waals surface area contributed by atoms with Gasteiger partial charge in [0.2, 0.25) is 0 Å². The zero-order valence-corrected chi connectivity index (χ0v) is 15.1. The molecule has 0 radical (unpaired) electrons. The molecule has 0 aromatic heterocycles. The van der Waals surface area contributed by atoms with Crippen molar-refractivity contribution in [1.29, 1.82) is 0 Å². The second kappa shape index (κ2) is 12.4. The second-order valence-corrected chi connectivity index (χ2v) is 6.59. The molecule has 0 saturated carbocycles. The smallest absolute Gasteiger partial charge is 0.123 e. The van der Waals surface area contributed by atoms with Crippen molar-refractivity contribution in [2.75, 3.05) is 5.88 Å². The Kier molecular flexibility index (Phi) is 10.7. The van der Waals surface area contributed by atoms with Gasteiger partial charge in [-0.05, 0) is 68.2 Å². The van der Waals surface area contributed by atoms with E-state index in [2.05, 4.69) is 24.8 Å². The highest BCUT2D eigenvalue weighted by atomic mass is 35.5. The van der Waals surface area contributed by atoms with Crippen LogP contribution in [0.4, 0.5) is 4.39 Å². The first-order chi connectivity index (χ1) is 11.2. The van der Waals surface area contributed by atoms with Gasteiger partial charge >= 0.3 is 0 Å². The van der Waals surface area contributed by atoms with E-state index >= 15 is 0 Å². The Morgan fingerprint density at radius 3 is 2.61 bits per heavy atom. The van der Waals surface area contributed by atoms with Crippen molar-refractivity contribution in [3.8, 4) is 0 Å². The summed E-state index contributed by atoms with van der Waals surface area (Å²) in [7, 11) is 0. The van der Waals surface area contributed by atoms with E-state index in [0.29, 0.717) is 5.92 Å². The minimum atomic E-state index is -0.157. The number of halogens is 2. The summed E-state index contributed by atoms with van der Waals surface area (Å²) >= 11 is 5.69. The van der Waals surface area contributed by atoms with Crippen LogP contribution in [0.1, 0.15) is 56.1 Å². The second-order valence-electron chi connectivity index (χ2n) is 6.21. The number of rotatable bonds is 12. The Hall–Kier alpha value is -1.08. The van der Waals surface area contributed by atoms with Crippen LogP contribution in [0.25, 0.3) is 0 Å². The van der Waals surface area contributed by atoms with Gasteiger partial charge in [0.15, 0.2) is 0 Å². The van der Waals surface area contributed by atoms with Crippen LogP contribution in [-0.2, 0) is 6.42 Å². The molecule has 0 bridgehead atoms. The van der Waals surface area contributed by atoms with Gasteiger partial charge in [0.1, 0.15) is 5.82 Å². The van der Waals surface area contributed by atoms with Gasteiger partial charge in [-0.25, -0.2) is 4.39 Å². The average molecular weight is 337 g/mol. The minimum Gasteiger partial charge on any atom is -0.207 e. The lowest BCUT2D eigenvalue weighted by molar-refractivity contribution is 0.505. The number of unbranched alkanes of at least 4 members (excludes halogenated alkanes) is 3. The fourth-order valence-corrected chi connectivity index (χ4v) is 2.95. The Balaban J connectivity index is 2.21. The molecule has 2 heteroatoms. The molecular formula is C21H30ClF. The quantitative estimate of drug-likeness (QED) is 0.219. The summed E-state index contributed by atoms with van der Waals surface area (Å²) in [6.45, 7) is 5.92. The van der Waals surface area contributed by atoms with E-state index < -0.39 is 0 Å². The van der Waals surface area contributed by atoms with Gasteiger partial charge < -0.3 is 0 Å². The first-order valence-corrected chi connectivity index (χ1v) is 9.29. The molecule has 1 atom stereocenters. The van der Waals surface area contributed by atoms with E-state index in [-0.39, 0.29) is 5.82 Å². The molecule has 0 heterocycles. The summed E-state index contributed by atoms with van der Waals surface area (Å²) in [6, 6.07) is 5.01. The number of hydrogen-bond donors (Lipinski definition) is 0. The maximum absolute atomic E-state index is 13.1. The Labute approximate surface area is 146 Å². The molecule has 1 rings (SSSR count). The van der Waals surface area contributed by atoms with Crippen LogP contribution >= 0.6 is 11.6 Å². The van der Waals surface area contributed by atoms with Crippen molar-refractivity contribution in [2.24, 2.45) is 5.92 Å². The third-order valence-electron chi connectivity index (χ3n) is 4.31. The predicted molar refractivity (Wildman–Crippen MR) is 101 cm³/mol. The molecule has 23 heavy (non-hydrogen) atoms.